The Bertz CT molecular complexity index is 1030. The third-order valence-corrected chi connectivity index (χ3v) is 6.54. The van der Waals surface area contributed by atoms with Crippen molar-refractivity contribution in [1.82, 2.24) is 15.2 Å². The number of carboxylic acid groups (broad SMARTS) is 1. The van der Waals surface area contributed by atoms with Crippen molar-refractivity contribution >= 4 is 22.9 Å². The lowest BCUT2D eigenvalue weighted by atomic mass is 9.87. The number of nitrogens with one attached hydrogen (secondary N) is 2. The summed E-state index contributed by atoms with van der Waals surface area (Å²) in [5, 5.41) is 19.5. The zero-order valence-corrected chi connectivity index (χ0v) is 17.4. The van der Waals surface area contributed by atoms with Crippen LogP contribution in [0.15, 0.2) is 18.2 Å². The molecule has 0 unspecified atom stereocenters. The Kier molecular flexibility index (Phi) is 5.86. The van der Waals surface area contributed by atoms with Crippen LogP contribution in [0.3, 0.4) is 0 Å². The van der Waals surface area contributed by atoms with E-state index in [2.05, 4.69) is 10.3 Å². The molecule has 1 aromatic heterocycles. The van der Waals surface area contributed by atoms with Gasteiger partial charge >= 0.3 is 6.09 Å². The van der Waals surface area contributed by atoms with Crippen LogP contribution in [0, 0.1) is 23.1 Å². The minimum atomic E-state index is -1.12. The Morgan fingerprint density at radius 2 is 2.00 bits per heavy atom. The summed E-state index contributed by atoms with van der Waals surface area (Å²) in [6, 6.07) is 7.06. The lowest BCUT2D eigenvalue weighted by Gasteiger charge is -2.32. The average molecular weight is 426 g/mol. The molecule has 0 radical (unpaired) electrons. The number of carbonyl (C=O) groups is 2. The van der Waals surface area contributed by atoms with E-state index in [1.165, 1.54) is 25.3 Å². The van der Waals surface area contributed by atoms with Gasteiger partial charge in [0.25, 0.3) is 0 Å². The summed E-state index contributed by atoms with van der Waals surface area (Å²) in [6.45, 7) is 1.37. The molecule has 2 fully saturated rings. The molecule has 0 saturated heterocycles. The predicted octanol–water partition coefficient (Wildman–Crippen LogP) is 4.08. The van der Waals surface area contributed by atoms with Crippen LogP contribution in [0.4, 0.5) is 9.18 Å². The van der Waals surface area contributed by atoms with Gasteiger partial charge in [0.1, 0.15) is 11.4 Å². The molecule has 2 saturated carbocycles. The fourth-order valence-electron chi connectivity index (χ4n) is 4.59. The number of aromatic amines is 1. The van der Waals surface area contributed by atoms with Gasteiger partial charge in [0.15, 0.2) is 0 Å². The van der Waals surface area contributed by atoms with Crippen LogP contribution in [0.25, 0.3) is 10.9 Å². The van der Waals surface area contributed by atoms with Crippen molar-refractivity contribution in [2.24, 2.45) is 5.92 Å². The van der Waals surface area contributed by atoms with Gasteiger partial charge < -0.3 is 20.3 Å². The maximum atomic E-state index is 13.9. The molecule has 2 aliphatic carbocycles. The van der Waals surface area contributed by atoms with Gasteiger partial charge in [0, 0.05) is 42.1 Å². The van der Waals surface area contributed by atoms with Gasteiger partial charge in [0.2, 0.25) is 5.91 Å². The van der Waals surface area contributed by atoms with Crippen molar-refractivity contribution in [3.63, 3.8) is 0 Å². The van der Waals surface area contributed by atoms with Crippen molar-refractivity contribution in [3.05, 3.63) is 35.3 Å². The van der Waals surface area contributed by atoms with E-state index in [0.29, 0.717) is 30.8 Å². The van der Waals surface area contributed by atoms with E-state index in [0.717, 1.165) is 42.5 Å². The van der Waals surface area contributed by atoms with E-state index < -0.39 is 11.6 Å². The first-order valence-corrected chi connectivity index (χ1v) is 10.9. The molecule has 3 N–H and O–H groups in total. The van der Waals surface area contributed by atoms with Crippen LogP contribution >= 0.6 is 0 Å². The van der Waals surface area contributed by atoms with Gasteiger partial charge in [-0.05, 0) is 31.7 Å². The lowest BCUT2D eigenvalue weighted by molar-refractivity contribution is -0.137. The summed E-state index contributed by atoms with van der Waals surface area (Å²) in [5.74, 6) is 0.297. The van der Waals surface area contributed by atoms with Crippen LogP contribution in [0.2, 0.25) is 0 Å². The zero-order chi connectivity index (χ0) is 22.0. The average Bonchev–Trinajstić information content (AvgIpc) is 3.44. The van der Waals surface area contributed by atoms with Crippen molar-refractivity contribution in [2.45, 2.75) is 63.5 Å². The highest BCUT2D eigenvalue weighted by Crippen LogP contribution is 2.34. The third-order valence-electron chi connectivity index (χ3n) is 6.54. The Hall–Kier alpha value is -3.08. The number of benzene rings is 1. The maximum Gasteiger partial charge on any atom is 0.405 e. The molecule has 31 heavy (non-hydrogen) atoms. The number of amides is 2. The summed E-state index contributed by atoms with van der Waals surface area (Å²) in [6.07, 6.45) is 6.65. The SMILES string of the molecule is N#CC1(NC(=O)O)CC1.O=C(C1CCCCC1)N1CCc2[nH]c3c(F)cccc3c2C1. The van der Waals surface area contributed by atoms with E-state index in [4.69, 9.17) is 10.4 Å². The summed E-state index contributed by atoms with van der Waals surface area (Å²) in [4.78, 5) is 27.9. The van der Waals surface area contributed by atoms with E-state index in [1.807, 2.05) is 17.0 Å². The number of aromatic nitrogens is 1. The maximum absolute atomic E-state index is 13.9. The van der Waals surface area contributed by atoms with E-state index in [1.54, 1.807) is 6.07 Å². The largest absolute Gasteiger partial charge is 0.465 e. The Labute approximate surface area is 180 Å². The molecule has 0 bridgehead atoms. The molecule has 7 nitrogen and oxygen atoms in total. The molecular weight excluding hydrogens is 399 g/mol. The first-order valence-electron chi connectivity index (χ1n) is 10.9. The Balaban J connectivity index is 0.000000217. The first kappa shape index (κ1) is 21.2. The van der Waals surface area contributed by atoms with Crippen molar-refractivity contribution in [2.75, 3.05) is 6.54 Å². The van der Waals surface area contributed by atoms with Gasteiger partial charge in [-0.1, -0.05) is 31.4 Å². The zero-order valence-electron chi connectivity index (χ0n) is 17.4. The molecule has 2 heterocycles. The fraction of sp³-hybridized carbons (Fsp3) is 0.522. The monoisotopic (exact) mass is 426 g/mol. The fourth-order valence-corrected chi connectivity index (χ4v) is 4.59. The van der Waals surface area contributed by atoms with Gasteiger partial charge in [-0.2, -0.15) is 5.26 Å². The Morgan fingerprint density at radius 1 is 1.26 bits per heavy atom. The topological polar surface area (TPSA) is 109 Å². The second-order valence-electron chi connectivity index (χ2n) is 8.71. The number of carbonyl (C=O) groups excluding carboxylic acids is 1. The van der Waals surface area contributed by atoms with E-state index in [9.17, 15) is 14.0 Å². The van der Waals surface area contributed by atoms with Crippen LogP contribution in [-0.2, 0) is 17.8 Å². The molecule has 2 amide bonds. The number of para-hydroxylation sites is 1. The number of hydrogen-bond acceptors (Lipinski definition) is 3. The molecule has 1 aromatic carbocycles. The number of nitriles is 1. The lowest BCUT2D eigenvalue weighted by Crippen LogP contribution is -2.40. The van der Waals surface area contributed by atoms with Crippen molar-refractivity contribution in [1.29, 1.82) is 5.26 Å². The van der Waals surface area contributed by atoms with Crippen LogP contribution in [-0.4, -0.2) is 39.1 Å². The van der Waals surface area contributed by atoms with Crippen molar-refractivity contribution < 1.29 is 19.1 Å². The molecule has 164 valence electrons. The number of nitrogens with zero attached hydrogens (tertiary/aromatic N) is 2. The molecule has 3 aliphatic rings. The first-order chi connectivity index (χ1) is 14.9. The number of rotatable bonds is 2. The second-order valence-corrected chi connectivity index (χ2v) is 8.71. The summed E-state index contributed by atoms with van der Waals surface area (Å²) in [5.41, 5.74) is 2.04. The molecule has 0 atom stereocenters. The van der Waals surface area contributed by atoms with Gasteiger partial charge in [-0.15, -0.1) is 0 Å². The highest BCUT2D eigenvalue weighted by atomic mass is 19.1. The van der Waals surface area contributed by atoms with E-state index in [-0.39, 0.29) is 11.7 Å². The Morgan fingerprint density at radius 3 is 2.61 bits per heavy atom. The van der Waals surface area contributed by atoms with Crippen molar-refractivity contribution in [3.8, 4) is 6.07 Å². The minimum absolute atomic E-state index is 0.206. The summed E-state index contributed by atoms with van der Waals surface area (Å²) < 4.78 is 13.9. The molecule has 2 aromatic rings. The summed E-state index contributed by atoms with van der Waals surface area (Å²) >= 11 is 0. The number of halogens is 1. The van der Waals surface area contributed by atoms with Gasteiger partial charge in [-0.25, -0.2) is 9.18 Å². The summed E-state index contributed by atoms with van der Waals surface area (Å²) in [7, 11) is 0. The van der Waals surface area contributed by atoms with Gasteiger partial charge in [-0.3, -0.25) is 4.79 Å². The van der Waals surface area contributed by atoms with Crippen LogP contribution in [0.5, 0.6) is 0 Å². The van der Waals surface area contributed by atoms with Crippen LogP contribution in [0.1, 0.15) is 56.2 Å². The quantitative estimate of drug-likeness (QED) is 0.672. The smallest absolute Gasteiger partial charge is 0.405 e. The highest BCUT2D eigenvalue weighted by molar-refractivity contribution is 5.87. The third kappa shape index (κ3) is 4.50. The number of H-pyrrole nitrogens is 1. The van der Waals surface area contributed by atoms with Gasteiger partial charge in [0.05, 0.1) is 11.6 Å². The number of hydrogen-bond donors (Lipinski definition) is 3. The minimum Gasteiger partial charge on any atom is -0.465 e. The molecule has 8 heteroatoms. The predicted molar refractivity (Wildman–Crippen MR) is 113 cm³/mol. The second kappa shape index (κ2) is 8.58. The van der Waals surface area contributed by atoms with Crippen LogP contribution < -0.4 is 5.32 Å². The normalized spacial score (nSPS) is 19.5. The standard InChI is InChI=1S/C18H21FN2O.C5H6N2O2/c19-15-8-4-7-13-14-11-21(10-9-16(14)20-17(13)15)18(22)12-5-2-1-3-6-12;6-3-5(1-2-5)7-4(8)9/h4,7-8,12,20H,1-3,5-6,9-11H2;7H,1-2H2,(H,8,9). The molecule has 0 spiro atoms. The highest BCUT2D eigenvalue weighted by Gasteiger charge is 2.44. The molecule has 5 rings (SSSR count). The molecular formula is C23H27FN4O3. The number of fused-ring (bicyclic) bond motifs is 3. The van der Waals surface area contributed by atoms with E-state index >= 15 is 0 Å². The molecule has 1 aliphatic heterocycles.